The van der Waals surface area contributed by atoms with E-state index in [4.69, 9.17) is 0 Å². The maximum Gasteiger partial charge on any atom is -0.000767 e. The maximum atomic E-state index is 2.57. The van der Waals surface area contributed by atoms with Crippen LogP contribution in [-0.4, -0.2) is 0 Å². The Bertz CT molecular complexity index is 1580. The summed E-state index contributed by atoms with van der Waals surface area (Å²) in [5.74, 6) is 0. The minimum absolute atomic E-state index is 1.12. The molecule has 0 aliphatic heterocycles. The van der Waals surface area contributed by atoms with E-state index in [1.165, 1.54) is 0 Å². The van der Waals surface area contributed by atoms with Gasteiger partial charge in [-0.2, -0.15) is 0 Å². The largest absolute Gasteiger partial charge is 0.0578 e. The fraction of sp³-hybridized carbons (Fsp3) is 0.143. The fourth-order valence-electron chi connectivity index (χ4n) is 7.73. The zero-order chi connectivity index (χ0) is 17.5. The lowest BCUT2D eigenvalue weighted by Crippen LogP contribution is -1.91. The van der Waals surface area contributed by atoms with Gasteiger partial charge in [-0.15, -0.1) is 0 Å². The van der Waals surface area contributed by atoms with E-state index in [2.05, 4.69) is 36.4 Å². The first-order chi connectivity index (χ1) is 13.9. The molecule has 0 heteroatoms. The van der Waals surface area contributed by atoms with E-state index in [-0.39, 0.29) is 0 Å². The van der Waals surface area contributed by atoms with Gasteiger partial charge in [0.1, 0.15) is 0 Å². The van der Waals surface area contributed by atoms with Gasteiger partial charge in [-0.1, -0.05) is 36.4 Å². The number of rotatable bonds is 0. The standard InChI is InChI=1S/C28H14/c1-2-12-6-16-10-18-8-14-4-3-13-7-17-9-15-5-11(1)19-20(12)24(16)28-26(18)22(14)21(13)25(17)27(28)23(15)19/h1-4,9-10H,5-8H2. The summed E-state index contributed by atoms with van der Waals surface area (Å²) in [7, 11) is 0. The molecule has 0 N–H and O–H groups in total. The Labute approximate surface area is 160 Å². The van der Waals surface area contributed by atoms with E-state index >= 15 is 0 Å². The van der Waals surface area contributed by atoms with Gasteiger partial charge in [0.05, 0.1) is 0 Å². The highest BCUT2D eigenvalue weighted by Crippen LogP contribution is 2.58. The lowest BCUT2D eigenvalue weighted by Gasteiger charge is -2.17. The van der Waals surface area contributed by atoms with Gasteiger partial charge >= 0.3 is 0 Å². The molecule has 0 heterocycles. The first-order valence-corrected chi connectivity index (χ1v) is 10.6. The van der Waals surface area contributed by atoms with Crippen molar-refractivity contribution in [3.05, 3.63) is 80.9 Å². The minimum Gasteiger partial charge on any atom is -0.0578 e. The van der Waals surface area contributed by atoms with Crippen molar-refractivity contribution in [2.45, 2.75) is 25.7 Å². The van der Waals surface area contributed by atoms with Crippen molar-refractivity contribution in [1.29, 1.82) is 0 Å². The summed E-state index contributed by atoms with van der Waals surface area (Å²) in [6.45, 7) is 0. The van der Waals surface area contributed by atoms with Gasteiger partial charge in [0.15, 0.2) is 0 Å². The van der Waals surface area contributed by atoms with Gasteiger partial charge < -0.3 is 0 Å². The second-order valence-electron chi connectivity index (χ2n) is 9.61. The molecule has 0 spiro atoms. The summed E-state index contributed by atoms with van der Waals surface area (Å²) in [6.07, 6.45) is 4.49. The van der Waals surface area contributed by atoms with E-state index in [1.807, 2.05) is 0 Å². The minimum atomic E-state index is 1.12. The third-order valence-electron chi connectivity index (χ3n) is 8.51. The average Bonchev–Trinajstić information content (AvgIpc) is 3.43. The summed E-state index contributed by atoms with van der Waals surface area (Å²) >= 11 is 0. The van der Waals surface area contributed by atoms with E-state index in [0.717, 1.165) is 25.7 Å². The molecule has 0 bridgehead atoms. The van der Waals surface area contributed by atoms with Crippen LogP contribution in [0.25, 0.3) is 53.9 Å². The van der Waals surface area contributed by atoms with Gasteiger partial charge in [-0.3, -0.25) is 0 Å². The molecule has 0 amide bonds. The smallest absolute Gasteiger partial charge is 0.000767 e. The number of hydrogen-bond donors (Lipinski definition) is 0. The lowest BCUT2D eigenvalue weighted by molar-refractivity contribution is 1.20. The van der Waals surface area contributed by atoms with Crippen LogP contribution in [0, 0.1) is 0 Å². The van der Waals surface area contributed by atoms with Crippen LogP contribution < -0.4 is 0 Å². The van der Waals surface area contributed by atoms with Crippen LogP contribution in [0.1, 0.15) is 44.5 Å². The zero-order valence-corrected chi connectivity index (χ0v) is 15.3. The van der Waals surface area contributed by atoms with Gasteiger partial charge in [0, 0.05) is 0 Å². The topological polar surface area (TPSA) is 0 Å². The van der Waals surface area contributed by atoms with Crippen molar-refractivity contribution in [2.75, 3.05) is 0 Å². The van der Waals surface area contributed by atoms with Gasteiger partial charge in [0.2, 0.25) is 0 Å². The molecule has 10 rings (SSSR count). The molecule has 0 saturated heterocycles. The second-order valence-corrected chi connectivity index (χ2v) is 9.61. The van der Waals surface area contributed by atoms with Crippen LogP contribution in [0.5, 0.6) is 0 Å². The molecule has 4 aliphatic rings. The predicted octanol–water partition coefficient (Wildman–Crippen LogP) is 6.51. The molecule has 0 saturated carbocycles. The zero-order valence-electron chi connectivity index (χ0n) is 15.3. The third kappa shape index (κ3) is 0.959. The Morgan fingerprint density at radius 3 is 0.821 bits per heavy atom. The van der Waals surface area contributed by atoms with Crippen molar-refractivity contribution >= 4 is 53.9 Å². The normalized spacial score (nSPS) is 16.7. The molecule has 0 aromatic heterocycles. The monoisotopic (exact) mass is 350 g/mol. The van der Waals surface area contributed by atoms with Crippen LogP contribution in [-0.2, 0) is 25.7 Å². The Kier molecular flexibility index (Phi) is 1.49. The van der Waals surface area contributed by atoms with Crippen molar-refractivity contribution in [3.8, 4) is 0 Å². The van der Waals surface area contributed by atoms with Crippen molar-refractivity contribution in [3.63, 3.8) is 0 Å². The summed E-state index contributed by atoms with van der Waals surface area (Å²) in [5.41, 5.74) is 12.6. The predicted molar refractivity (Wildman–Crippen MR) is 116 cm³/mol. The summed E-state index contributed by atoms with van der Waals surface area (Å²) in [4.78, 5) is 0. The highest BCUT2D eigenvalue weighted by atomic mass is 14.4. The third-order valence-corrected chi connectivity index (χ3v) is 8.51. The summed E-state index contributed by atoms with van der Waals surface area (Å²) in [6, 6.07) is 14.8. The molecule has 0 unspecified atom stereocenters. The quantitative estimate of drug-likeness (QED) is 0.216. The van der Waals surface area contributed by atoms with Crippen LogP contribution in [0.3, 0.4) is 0 Å². The number of hydrogen-bond acceptors (Lipinski definition) is 0. The molecule has 6 aromatic rings. The maximum absolute atomic E-state index is 2.57. The van der Waals surface area contributed by atoms with Crippen LogP contribution in [0.4, 0.5) is 0 Å². The van der Waals surface area contributed by atoms with Gasteiger partial charge in [-0.05, 0) is 124 Å². The molecular weight excluding hydrogens is 336 g/mol. The Morgan fingerprint density at radius 2 is 0.536 bits per heavy atom. The van der Waals surface area contributed by atoms with Crippen LogP contribution in [0.2, 0.25) is 0 Å². The molecule has 4 aliphatic carbocycles. The lowest BCUT2D eigenvalue weighted by atomic mass is 9.86. The molecule has 28 heavy (non-hydrogen) atoms. The average molecular weight is 350 g/mol. The molecule has 0 radical (unpaired) electrons. The van der Waals surface area contributed by atoms with Gasteiger partial charge in [-0.25, -0.2) is 0 Å². The Morgan fingerprint density at radius 1 is 0.286 bits per heavy atom. The molecule has 0 atom stereocenters. The summed E-state index contributed by atoms with van der Waals surface area (Å²) in [5, 5.41) is 16.1. The SMILES string of the molecule is c1cc2c3c4c1Cc1cc5c6c7c(ccc8c7c7c(cc(c3c7c6c14)C2)C8)C5. The molecular formula is C28H14. The Hall–Kier alpha value is -3.12. The van der Waals surface area contributed by atoms with E-state index in [1.54, 1.807) is 98.4 Å². The van der Waals surface area contributed by atoms with Crippen LogP contribution >= 0.6 is 0 Å². The number of benzene rings is 6. The first kappa shape index (κ1) is 12.4. The second kappa shape index (κ2) is 3.37. The summed E-state index contributed by atoms with van der Waals surface area (Å²) < 4.78 is 0. The molecule has 6 aromatic carbocycles. The van der Waals surface area contributed by atoms with E-state index in [9.17, 15) is 0 Å². The van der Waals surface area contributed by atoms with Crippen molar-refractivity contribution in [2.24, 2.45) is 0 Å². The highest BCUT2D eigenvalue weighted by Gasteiger charge is 2.35. The van der Waals surface area contributed by atoms with Crippen molar-refractivity contribution in [1.82, 2.24) is 0 Å². The Balaban J connectivity index is 1.77. The van der Waals surface area contributed by atoms with E-state index in [0.29, 0.717) is 0 Å². The molecule has 0 fully saturated rings. The van der Waals surface area contributed by atoms with Crippen LogP contribution in [0.15, 0.2) is 36.4 Å². The van der Waals surface area contributed by atoms with Gasteiger partial charge in [0.25, 0.3) is 0 Å². The fourth-order valence-corrected chi connectivity index (χ4v) is 7.73. The van der Waals surface area contributed by atoms with E-state index < -0.39 is 0 Å². The molecule has 0 nitrogen and oxygen atoms in total. The van der Waals surface area contributed by atoms with Crippen molar-refractivity contribution < 1.29 is 0 Å². The first-order valence-electron chi connectivity index (χ1n) is 10.6. The molecule has 126 valence electrons. The highest BCUT2D eigenvalue weighted by molar-refractivity contribution is 6.45.